The maximum absolute atomic E-state index is 13.6. The lowest BCUT2D eigenvalue weighted by Gasteiger charge is -2.04. The van der Waals surface area contributed by atoms with E-state index in [2.05, 4.69) is 4.98 Å². The van der Waals surface area contributed by atoms with Crippen LogP contribution >= 0.6 is 0 Å². The number of hydrogen-bond donors (Lipinski definition) is 0. The Labute approximate surface area is 188 Å². The van der Waals surface area contributed by atoms with E-state index in [0.717, 1.165) is 22.3 Å². The van der Waals surface area contributed by atoms with E-state index in [1.165, 1.54) is 6.07 Å². The number of esters is 1. The summed E-state index contributed by atoms with van der Waals surface area (Å²) in [6.07, 6.45) is 1.74. The van der Waals surface area contributed by atoms with Crippen LogP contribution in [-0.4, -0.2) is 11.0 Å². The third-order valence-electron chi connectivity index (χ3n) is 4.83. The van der Waals surface area contributed by atoms with Gasteiger partial charge >= 0.3 is 5.97 Å². The minimum atomic E-state index is -0.325. The summed E-state index contributed by atoms with van der Waals surface area (Å²) >= 11 is 0. The first kappa shape index (κ1) is 22.9. The molecule has 3 nitrogen and oxygen atoms in total. The van der Waals surface area contributed by atoms with Crippen LogP contribution in [0.1, 0.15) is 32.6 Å². The van der Waals surface area contributed by atoms with E-state index in [0.29, 0.717) is 22.6 Å². The Morgan fingerprint density at radius 2 is 1.28 bits per heavy atom. The van der Waals surface area contributed by atoms with Crippen molar-refractivity contribution in [2.24, 2.45) is 0 Å². The van der Waals surface area contributed by atoms with Crippen LogP contribution in [0, 0.1) is 33.5 Å². The predicted molar refractivity (Wildman–Crippen MR) is 126 cm³/mol. The Morgan fingerprint density at radius 3 is 1.84 bits per heavy atom. The molecule has 0 atom stereocenters. The molecule has 1 heterocycles. The van der Waals surface area contributed by atoms with Crippen molar-refractivity contribution in [2.75, 3.05) is 0 Å². The van der Waals surface area contributed by atoms with Gasteiger partial charge in [0.05, 0.1) is 11.3 Å². The first-order valence-electron chi connectivity index (χ1n) is 10.4. The van der Waals surface area contributed by atoms with Crippen molar-refractivity contribution >= 4 is 5.97 Å². The van der Waals surface area contributed by atoms with Crippen LogP contribution in [0.3, 0.4) is 0 Å². The minimum absolute atomic E-state index is 0.216. The Hall–Kier alpha value is -3.79. The van der Waals surface area contributed by atoms with Gasteiger partial charge < -0.3 is 4.74 Å². The van der Waals surface area contributed by atoms with Gasteiger partial charge in [0, 0.05) is 11.8 Å². The quantitative estimate of drug-likeness (QED) is 0.260. The number of pyridine rings is 1. The Bertz CT molecular complexity index is 1180. The zero-order valence-corrected chi connectivity index (χ0v) is 18.7. The number of carbonyl (C=O) groups is 1. The zero-order chi connectivity index (χ0) is 23.1. The summed E-state index contributed by atoms with van der Waals surface area (Å²) in [6, 6.07) is 23.7. The molecular formula is C28H26FNO2. The summed E-state index contributed by atoms with van der Waals surface area (Å²) in [4.78, 5) is 16.0. The number of halogens is 1. The van der Waals surface area contributed by atoms with Gasteiger partial charge in [-0.25, -0.2) is 9.18 Å². The lowest BCUT2D eigenvalue weighted by atomic mass is 10.1. The van der Waals surface area contributed by atoms with Crippen LogP contribution in [0.25, 0.3) is 11.3 Å². The molecule has 0 aliphatic rings. The van der Waals surface area contributed by atoms with Gasteiger partial charge in [0.15, 0.2) is 0 Å². The fourth-order valence-corrected chi connectivity index (χ4v) is 2.92. The Balaban J connectivity index is 0.000000182. The molecule has 4 heteroatoms. The number of benzene rings is 3. The number of aromatic nitrogens is 1. The van der Waals surface area contributed by atoms with Gasteiger partial charge in [-0.15, -0.1) is 0 Å². The van der Waals surface area contributed by atoms with Crippen molar-refractivity contribution in [3.05, 3.63) is 119 Å². The van der Waals surface area contributed by atoms with Gasteiger partial charge in [0.1, 0.15) is 11.6 Å². The Morgan fingerprint density at radius 1 is 0.719 bits per heavy atom. The standard InChI is InChI=1S/C15H14O2.C13H12FN/c1-11-3-7-13(8-4-11)15(16)17-14-9-5-12(2)6-10-14;1-9-3-5-11(12(14)7-9)13-6-4-10(2)8-15-13/h3-10H,1-2H3;3-8H,1-2H3. The van der Waals surface area contributed by atoms with Crippen molar-refractivity contribution < 1.29 is 13.9 Å². The Kier molecular flexibility index (Phi) is 7.50. The molecule has 0 radical (unpaired) electrons. The van der Waals surface area contributed by atoms with E-state index in [1.54, 1.807) is 36.5 Å². The molecule has 4 rings (SSSR count). The zero-order valence-electron chi connectivity index (χ0n) is 18.7. The highest BCUT2D eigenvalue weighted by Gasteiger charge is 2.08. The monoisotopic (exact) mass is 427 g/mol. The average Bonchev–Trinajstić information content (AvgIpc) is 2.77. The van der Waals surface area contributed by atoms with E-state index >= 15 is 0 Å². The van der Waals surface area contributed by atoms with Gasteiger partial charge in [-0.3, -0.25) is 4.98 Å². The molecule has 4 aromatic rings. The van der Waals surface area contributed by atoms with E-state index in [4.69, 9.17) is 4.74 Å². The second-order valence-electron chi connectivity index (χ2n) is 7.77. The molecule has 32 heavy (non-hydrogen) atoms. The van der Waals surface area contributed by atoms with Gasteiger partial charge in [0.2, 0.25) is 0 Å². The number of hydrogen-bond acceptors (Lipinski definition) is 3. The first-order chi connectivity index (χ1) is 15.3. The molecule has 0 spiro atoms. The molecule has 0 saturated carbocycles. The summed E-state index contributed by atoms with van der Waals surface area (Å²) in [5.74, 6) is 0.0291. The summed E-state index contributed by atoms with van der Waals surface area (Å²) in [6.45, 7) is 7.80. The number of nitrogens with zero attached hydrogens (tertiary/aromatic N) is 1. The number of ether oxygens (including phenoxy) is 1. The predicted octanol–water partition coefficient (Wildman–Crippen LogP) is 7.03. The fourth-order valence-electron chi connectivity index (χ4n) is 2.92. The molecule has 3 aromatic carbocycles. The third kappa shape index (κ3) is 6.35. The summed E-state index contributed by atoms with van der Waals surface area (Å²) in [5, 5.41) is 0. The second kappa shape index (κ2) is 10.5. The number of aryl methyl sites for hydroxylation is 4. The highest BCUT2D eigenvalue weighted by molar-refractivity contribution is 5.91. The summed E-state index contributed by atoms with van der Waals surface area (Å²) in [7, 11) is 0. The maximum atomic E-state index is 13.6. The van der Waals surface area contributed by atoms with E-state index in [-0.39, 0.29) is 11.8 Å². The number of carbonyl (C=O) groups excluding carboxylic acids is 1. The van der Waals surface area contributed by atoms with Crippen molar-refractivity contribution in [1.29, 1.82) is 0 Å². The normalized spacial score (nSPS) is 10.2. The van der Waals surface area contributed by atoms with Crippen LogP contribution in [0.5, 0.6) is 5.75 Å². The van der Waals surface area contributed by atoms with Crippen molar-refractivity contribution in [1.82, 2.24) is 4.98 Å². The van der Waals surface area contributed by atoms with E-state index in [1.807, 2.05) is 70.2 Å². The van der Waals surface area contributed by atoms with Crippen LogP contribution in [0.4, 0.5) is 4.39 Å². The lowest BCUT2D eigenvalue weighted by Crippen LogP contribution is -2.08. The number of rotatable bonds is 3. The molecule has 0 saturated heterocycles. The van der Waals surface area contributed by atoms with Crippen LogP contribution in [0.2, 0.25) is 0 Å². The van der Waals surface area contributed by atoms with Gasteiger partial charge in [-0.1, -0.05) is 47.5 Å². The maximum Gasteiger partial charge on any atom is 0.343 e. The summed E-state index contributed by atoms with van der Waals surface area (Å²) < 4.78 is 18.9. The molecule has 0 bridgehead atoms. The average molecular weight is 428 g/mol. The lowest BCUT2D eigenvalue weighted by molar-refractivity contribution is 0.0734. The van der Waals surface area contributed by atoms with Crippen molar-refractivity contribution in [3.63, 3.8) is 0 Å². The van der Waals surface area contributed by atoms with Gasteiger partial charge in [-0.2, -0.15) is 0 Å². The van der Waals surface area contributed by atoms with E-state index < -0.39 is 0 Å². The van der Waals surface area contributed by atoms with Gasteiger partial charge in [-0.05, 0) is 81.3 Å². The van der Waals surface area contributed by atoms with Crippen LogP contribution in [-0.2, 0) is 0 Å². The third-order valence-corrected chi connectivity index (χ3v) is 4.83. The SMILES string of the molecule is Cc1ccc(-c2ccc(C)cc2F)nc1.Cc1ccc(OC(=O)c2ccc(C)cc2)cc1. The molecule has 0 amide bonds. The summed E-state index contributed by atoms with van der Waals surface area (Å²) in [5.41, 5.74) is 6.06. The highest BCUT2D eigenvalue weighted by atomic mass is 19.1. The fraction of sp³-hybridized carbons (Fsp3) is 0.143. The highest BCUT2D eigenvalue weighted by Crippen LogP contribution is 2.21. The van der Waals surface area contributed by atoms with Crippen molar-refractivity contribution in [2.45, 2.75) is 27.7 Å². The van der Waals surface area contributed by atoms with E-state index in [9.17, 15) is 9.18 Å². The molecule has 1 aromatic heterocycles. The molecule has 0 aliphatic carbocycles. The topological polar surface area (TPSA) is 39.2 Å². The minimum Gasteiger partial charge on any atom is -0.423 e. The van der Waals surface area contributed by atoms with Crippen LogP contribution < -0.4 is 4.74 Å². The molecule has 162 valence electrons. The first-order valence-corrected chi connectivity index (χ1v) is 10.4. The van der Waals surface area contributed by atoms with Gasteiger partial charge in [0.25, 0.3) is 0 Å². The largest absolute Gasteiger partial charge is 0.423 e. The molecule has 0 unspecified atom stereocenters. The van der Waals surface area contributed by atoms with Crippen molar-refractivity contribution in [3.8, 4) is 17.0 Å². The van der Waals surface area contributed by atoms with Crippen LogP contribution in [0.15, 0.2) is 85.1 Å². The second-order valence-corrected chi connectivity index (χ2v) is 7.77. The molecule has 0 aliphatic heterocycles. The smallest absolute Gasteiger partial charge is 0.343 e. The molecule has 0 N–H and O–H groups in total. The molecule has 0 fully saturated rings. The molecular weight excluding hydrogens is 401 g/mol.